The number of aromatic nitrogens is 1. The quantitative estimate of drug-likeness (QED) is 0.882. The standard InChI is InChI=1S/C12H10FN3O3S/c13-10-7-8(4-5-9(10)12(14)17)16-20(18,19)11-3-1-2-6-15-11/h1-7,16H,(H2,14,17). The van der Waals surface area contributed by atoms with Gasteiger partial charge in [0.2, 0.25) is 0 Å². The van der Waals surface area contributed by atoms with Gasteiger partial charge in [-0.3, -0.25) is 9.52 Å². The summed E-state index contributed by atoms with van der Waals surface area (Å²) in [6, 6.07) is 7.60. The number of rotatable bonds is 4. The third-order valence-corrected chi connectivity index (χ3v) is 3.70. The second-order valence-electron chi connectivity index (χ2n) is 3.83. The molecule has 3 N–H and O–H groups in total. The number of halogens is 1. The Kier molecular flexibility index (Phi) is 3.66. The summed E-state index contributed by atoms with van der Waals surface area (Å²) in [7, 11) is -3.91. The molecule has 0 radical (unpaired) electrons. The average molecular weight is 295 g/mol. The van der Waals surface area contributed by atoms with Crippen LogP contribution >= 0.6 is 0 Å². The van der Waals surface area contributed by atoms with Gasteiger partial charge in [0.25, 0.3) is 15.9 Å². The average Bonchev–Trinajstić information content (AvgIpc) is 2.39. The van der Waals surface area contributed by atoms with E-state index in [1.54, 1.807) is 6.07 Å². The van der Waals surface area contributed by atoms with Gasteiger partial charge in [-0.25, -0.2) is 9.37 Å². The predicted octanol–water partition coefficient (Wildman–Crippen LogP) is 1.12. The maximum absolute atomic E-state index is 13.5. The summed E-state index contributed by atoms with van der Waals surface area (Å²) in [5.41, 5.74) is 4.61. The molecule has 0 aliphatic rings. The van der Waals surface area contributed by atoms with E-state index in [0.29, 0.717) is 0 Å². The Balaban J connectivity index is 2.31. The largest absolute Gasteiger partial charge is 0.366 e. The number of carbonyl (C=O) groups excluding carboxylic acids is 1. The number of nitrogens with two attached hydrogens (primary N) is 1. The second kappa shape index (κ2) is 5.25. The molecule has 0 saturated heterocycles. The van der Waals surface area contributed by atoms with E-state index in [1.807, 2.05) is 0 Å². The first kappa shape index (κ1) is 13.9. The highest BCUT2D eigenvalue weighted by atomic mass is 32.2. The number of pyridine rings is 1. The summed E-state index contributed by atoms with van der Waals surface area (Å²) in [5.74, 6) is -1.83. The molecular weight excluding hydrogens is 285 g/mol. The Morgan fingerprint density at radius 1 is 1.25 bits per heavy atom. The molecule has 0 spiro atoms. The fraction of sp³-hybridized carbons (Fsp3) is 0. The number of hydrogen-bond acceptors (Lipinski definition) is 4. The zero-order valence-electron chi connectivity index (χ0n) is 10.1. The summed E-state index contributed by atoms with van der Waals surface area (Å²) < 4.78 is 39.6. The molecule has 0 atom stereocenters. The third kappa shape index (κ3) is 2.91. The molecular formula is C12H10FN3O3S. The molecule has 0 bridgehead atoms. The van der Waals surface area contributed by atoms with Crippen LogP contribution in [0.25, 0.3) is 0 Å². The van der Waals surface area contributed by atoms with Crippen molar-refractivity contribution in [3.8, 4) is 0 Å². The molecule has 104 valence electrons. The van der Waals surface area contributed by atoms with E-state index in [0.717, 1.165) is 12.1 Å². The summed E-state index contributed by atoms with van der Waals surface area (Å²) in [4.78, 5) is 14.6. The number of amides is 1. The van der Waals surface area contributed by atoms with Crippen LogP contribution in [0.3, 0.4) is 0 Å². The van der Waals surface area contributed by atoms with Crippen molar-refractivity contribution in [2.45, 2.75) is 5.03 Å². The van der Waals surface area contributed by atoms with Crippen LogP contribution in [0.4, 0.5) is 10.1 Å². The molecule has 6 nitrogen and oxygen atoms in total. The van der Waals surface area contributed by atoms with Crippen molar-refractivity contribution >= 4 is 21.6 Å². The maximum Gasteiger partial charge on any atom is 0.279 e. The van der Waals surface area contributed by atoms with Crippen LogP contribution in [0.5, 0.6) is 0 Å². The molecule has 1 heterocycles. The third-order valence-electron chi connectivity index (χ3n) is 2.40. The number of anilines is 1. The van der Waals surface area contributed by atoms with Gasteiger partial charge in [0, 0.05) is 6.20 Å². The van der Waals surface area contributed by atoms with Gasteiger partial charge in [0.05, 0.1) is 11.3 Å². The van der Waals surface area contributed by atoms with Crippen molar-refractivity contribution in [2.75, 3.05) is 4.72 Å². The second-order valence-corrected chi connectivity index (χ2v) is 5.46. The summed E-state index contributed by atoms with van der Waals surface area (Å²) in [6.45, 7) is 0. The molecule has 20 heavy (non-hydrogen) atoms. The highest BCUT2D eigenvalue weighted by Crippen LogP contribution is 2.17. The van der Waals surface area contributed by atoms with Crippen LogP contribution in [0.1, 0.15) is 10.4 Å². The molecule has 0 aliphatic carbocycles. The van der Waals surface area contributed by atoms with Crippen molar-refractivity contribution in [1.82, 2.24) is 4.98 Å². The first-order valence-electron chi connectivity index (χ1n) is 5.43. The predicted molar refractivity (Wildman–Crippen MR) is 70.0 cm³/mol. The molecule has 1 amide bonds. The molecule has 2 aromatic rings. The lowest BCUT2D eigenvalue weighted by molar-refractivity contribution is 0.0996. The van der Waals surface area contributed by atoms with Crippen LogP contribution in [0, 0.1) is 5.82 Å². The van der Waals surface area contributed by atoms with Crippen molar-refractivity contribution in [3.05, 3.63) is 54.0 Å². The molecule has 0 aliphatic heterocycles. The molecule has 2 rings (SSSR count). The van der Waals surface area contributed by atoms with E-state index in [1.165, 1.54) is 24.4 Å². The van der Waals surface area contributed by atoms with Gasteiger partial charge < -0.3 is 5.73 Å². The van der Waals surface area contributed by atoms with E-state index in [9.17, 15) is 17.6 Å². The molecule has 1 aromatic heterocycles. The molecule has 0 unspecified atom stereocenters. The fourth-order valence-electron chi connectivity index (χ4n) is 1.49. The SMILES string of the molecule is NC(=O)c1ccc(NS(=O)(=O)c2ccccn2)cc1F. The number of sulfonamides is 1. The van der Waals surface area contributed by atoms with Crippen LogP contribution in [-0.4, -0.2) is 19.3 Å². The summed E-state index contributed by atoms with van der Waals surface area (Å²) in [6.07, 6.45) is 1.32. The van der Waals surface area contributed by atoms with E-state index in [4.69, 9.17) is 5.73 Å². The molecule has 0 saturated carbocycles. The van der Waals surface area contributed by atoms with Crippen LogP contribution in [0.15, 0.2) is 47.6 Å². The minimum Gasteiger partial charge on any atom is -0.366 e. The minimum absolute atomic E-state index is 0.0295. The van der Waals surface area contributed by atoms with Gasteiger partial charge >= 0.3 is 0 Å². The van der Waals surface area contributed by atoms with Crippen molar-refractivity contribution < 1.29 is 17.6 Å². The van der Waals surface area contributed by atoms with Gasteiger partial charge in [-0.1, -0.05) is 6.07 Å². The van der Waals surface area contributed by atoms with Gasteiger partial charge in [-0.05, 0) is 30.3 Å². The van der Waals surface area contributed by atoms with E-state index >= 15 is 0 Å². The van der Waals surface area contributed by atoms with E-state index in [2.05, 4.69) is 9.71 Å². The Hall–Kier alpha value is -2.48. The van der Waals surface area contributed by atoms with Crippen LogP contribution in [0.2, 0.25) is 0 Å². The van der Waals surface area contributed by atoms with Crippen molar-refractivity contribution in [3.63, 3.8) is 0 Å². The van der Waals surface area contributed by atoms with Gasteiger partial charge in [0.15, 0.2) is 5.03 Å². The normalized spacial score (nSPS) is 11.1. The molecule has 1 aromatic carbocycles. The zero-order valence-corrected chi connectivity index (χ0v) is 10.9. The van der Waals surface area contributed by atoms with Crippen molar-refractivity contribution in [2.24, 2.45) is 5.73 Å². The Morgan fingerprint density at radius 2 is 2.00 bits per heavy atom. The lowest BCUT2D eigenvalue weighted by Crippen LogP contribution is -2.16. The first-order valence-corrected chi connectivity index (χ1v) is 6.92. The highest BCUT2D eigenvalue weighted by molar-refractivity contribution is 7.92. The number of hydrogen-bond donors (Lipinski definition) is 2. The maximum atomic E-state index is 13.5. The Labute approximate surface area is 114 Å². The highest BCUT2D eigenvalue weighted by Gasteiger charge is 2.16. The Bertz CT molecular complexity index is 748. The smallest absolute Gasteiger partial charge is 0.279 e. The van der Waals surface area contributed by atoms with Crippen molar-refractivity contribution in [1.29, 1.82) is 0 Å². The van der Waals surface area contributed by atoms with E-state index in [-0.39, 0.29) is 16.3 Å². The number of primary amides is 1. The lowest BCUT2D eigenvalue weighted by atomic mass is 10.2. The summed E-state index contributed by atoms with van der Waals surface area (Å²) >= 11 is 0. The van der Waals surface area contributed by atoms with Crippen LogP contribution < -0.4 is 10.5 Å². The monoisotopic (exact) mass is 295 g/mol. The molecule has 0 fully saturated rings. The first-order chi connectivity index (χ1) is 9.40. The number of benzene rings is 1. The van der Waals surface area contributed by atoms with Crippen LogP contribution in [-0.2, 0) is 10.0 Å². The number of carbonyl (C=O) groups is 1. The van der Waals surface area contributed by atoms with E-state index < -0.39 is 21.7 Å². The fourth-order valence-corrected chi connectivity index (χ4v) is 2.49. The minimum atomic E-state index is -3.91. The lowest BCUT2D eigenvalue weighted by Gasteiger charge is -2.08. The molecule has 8 heteroatoms. The number of nitrogens with one attached hydrogen (secondary N) is 1. The zero-order chi connectivity index (χ0) is 14.8. The van der Waals surface area contributed by atoms with Gasteiger partial charge in [0.1, 0.15) is 5.82 Å². The summed E-state index contributed by atoms with van der Waals surface area (Å²) in [5, 5.41) is -0.195. The topological polar surface area (TPSA) is 102 Å². The van der Waals surface area contributed by atoms with Gasteiger partial charge in [-0.15, -0.1) is 0 Å². The number of nitrogens with zero attached hydrogens (tertiary/aromatic N) is 1. The Morgan fingerprint density at radius 3 is 2.55 bits per heavy atom. The van der Waals surface area contributed by atoms with Gasteiger partial charge in [-0.2, -0.15) is 8.42 Å².